The van der Waals surface area contributed by atoms with Gasteiger partial charge in [0, 0.05) is 21.7 Å². The molecule has 0 aliphatic heterocycles. The Morgan fingerprint density at radius 3 is 2.42 bits per heavy atom. The number of nitrogens with zero attached hydrogens (tertiary/aromatic N) is 2. The topological polar surface area (TPSA) is 89.3 Å². The Kier molecular flexibility index (Phi) is 4.96. The van der Waals surface area contributed by atoms with E-state index in [4.69, 9.17) is 21.5 Å². The van der Waals surface area contributed by atoms with Crippen LogP contribution in [0, 0.1) is 30.6 Å². The summed E-state index contributed by atoms with van der Waals surface area (Å²) in [6.07, 6.45) is 2.31. The Bertz CT molecular complexity index is 878. The van der Waals surface area contributed by atoms with E-state index in [9.17, 15) is 0 Å². The minimum absolute atomic E-state index is 0.318. The van der Waals surface area contributed by atoms with Crippen LogP contribution in [0.5, 0.6) is 0 Å². The molecule has 1 saturated carbocycles. The number of nitrogens with two attached hydrogens (primary N) is 1. The number of hydrogen-bond donors (Lipinski definition) is 3. The number of nitrogens with one attached hydrogen (secondary N) is 2. The fourth-order valence-corrected chi connectivity index (χ4v) is 4.12. The predicted molar refractivity (Wildman–Crippen MR) is 113 cm³/mol. The lowest BCUT2D eigenvalue weighted by atomic mass is 9.99. The first-order valence-corrected chi connectivity index (χ1v) is 9.54. The summed E-state index contributed by atoms with van der Waals surface area (Å²) in [5.74, 6) is 0.921. The van der Waals surface area contributed by atoms with E-state index in [1.165, 1.54) is 11.2 Å². The van der Waals surface area contributed by atoms with Crippen molar-refractivity contribution < 1.29 is 0 Å². The highest BCUT2D eigenvalue weighted by atomic mass is 32.1. The summed E-state index contributed by atoms with van der Waals surface area (Å²) in [6.45, 7) is 8.08. The van der Waals surface area contributed by atoms with Gasteiger partial charge in [0.25, 0.3) is 0 Å². The fraction of sp³-hybridized carbons (Fsp3) is 0.350. The smallest absolute Gasteiger partial charge is 0.112 e. The van der Waals surface area contributed by atoms with Gasteiger partial charge in [-0.1, -0.05) is 19.1 Å². The van der Waals surface area contributed by atoms with Crippen molar-refractivity contribution in [3.63, 3.8) is 0 Å². The van der Waals surface area contributed by atoms with E-state index >= 15 is 0 Å². The van der Waals surface area contributed by atoms with Crippen molar-refractivity contribution >= 4 is 39.9 Å². The lowest BCUT2D eigenvalue weighted by molar-refractivity contribution is 0.895. The van der Waals surface area contributed by atoms with E-state index in [1.807, 2.05) is 24.3 Å². The second-order valence-corrected chi connectivity index (χ2v) is 8.13. The van der Waals surface area contributed by atoms with Crippen LogP contribution in [0.1, 0.15) is 41.8 Å². The Balaban J connectivity index is 2.21. The van der Waals surface area contributed by atoms with Gasteiger partial charge in [0.2, 0.25) is 0 Å². The summed E-state index contributed by atoms with van der Waals surface area (Å²) >= 11 is 1.60. The molecular weight excluding hydrogens is 342 g/mol. The van der Waals surface area contributed by atoms with E-state index in [1.54, 1.807) is 23.2 Å². The van der Waals surface area contributed by atoms with Crippen molar-refractivity contribution in [2.75, 3.05) is 10.6 Å². The van der Waals surface area contributed by atoms with E-state index < -0.39 is 0 Å². The van der Waals surface area contributed by atoms with E-state index in [0.29, 0.717) is 17.8 Å². The van der Waals surface area contributed by atoms with E-state index in [0.717, 1.165) is 39.5 Å². The SMILES string of the molecule is CC(=N)N(C=N)c1sc(C)c(C)c1C(=NC1CC1C)c1ccc(N)cc1. The quantitative estimate of drug-likeness (QED) is 0.409. The lowest BCUT2D eigenvalue weighted by Gasteiger charge is -2.19. The van der Waals surface area contributed by atoms with Gasteiger partial charge in [0.05, 0.1) is 18.1 Å². The average Bonchev–Trinajstić information content (AvgIpc) is 3.21. The van der Waals surface area contributed by atoms with Crippen LogP contribution in [0.15, 0.2) is 29.3 Å². The molecule has 2 atom stereocenters. The number of hydrogen-bond acceptors (Lipinski definition) is 5. The number of benzene rings is 1. The molecule has 1 aliphatic rings. The van der Waals surface area contributed by atoms with Crippen LogP contribution in [-0.4, -0.2) is 23.9 Å². The molecule has 6 heteroatoms. The average molecular weight is 368 g/mol. The zero-order valence-electron chi connectivity index (χ0n) is 15.6. The number of anilines is 2. The molecule has 0 spiro atoms. The summed E-state index contributed by atoms with van der Waals surface area (Å²) in [4.78, 5) is 7.85. The van der Waals surface area contributed by atoms with Crippen LogP contribution >= 0.6 is 11.3 Å². The normalized spacial score (nSPS) is 19.3. The molecule has 0 saturated heterocycles. The van der Waals surface area contributed by atoms with Crippen LogP contribution in [0.3, 0.4) is 0 Å². The number of aryl methyl sites for hydroxylation is 1. The third-order valence-electron chi connectivity index (χ3n) is 4.86. The third-order valence-corrected chi connectivity index (χ3v) is 6.07. The van der Waals surface area contributed by atoms with Gasteiger partial charge >= 0.3 is 0 Å². The first-order valence-electron chi connectivity index (χ1n) is 8.72. The first kappa shape index (κ1) is 18.3. The second kappa shape index (κ2) is 7.03. The highest BCUT2D eigenvalue weighted by molar-refractivity contribution is 7.17. The van der Waals surface area contributed by atoms with Crippen molar-refractivity contribution in [3.8, 4) is 0 Å². The van der Waals surface area contributed by atoms with E-state index in [2.05, 4.69) is 20.8 Å². The number of aliphatic imine (C=N–C) groups is 1. The second-order valence-electron chi connectivity index (χ2n) is 6.93. The molecule has 1 aliphatic carbocycles. The maximum absolute atomic E-state index is 8.05. The van der Waals surface area contributed by atoms with Crippen LogP contribution in [0.4, 0.5) is 10.7 Å². The van der Waals surface area contributed by atoms with Gasteiger partial charge in [-0.2, -0.15) is 0 Å². The highest BCUT2D eigenvalue weighted by Crippen LogP contribution is 2.39. The molecule has 26 heavy (non-hydrogen) atoms. The molecule has 3 rings (SSSR count). The molecule has 4 N–H and O–H groups in total. The Morgan fingerprint density at radius 2 is 1.92 bits per heavy atom. The van der Waals surface area contributed by atoms with Gasteiger partial charge in [0.15, 0.2) is 0 Å². The molecule has 0 amide bonds. The molecule has 0 radical (unpaired) electrons. The summed E-state index contributed by atoms with van der Waals surface area (Å²) in [6, 6.07) is 8.13. The van der Waals surface area contributed by atoms with Gasteiger partial charge in [-0.25, -0.2) is 0 Å². The summed E-state index contributed by atoms with van der Waals surface area (Å²) in [5, 5.41) is 16.7. The molecular formula is C20H25N5S. The highest BCUT2D eigenvalue weighted by Gasteiger charge is 2.34. The van der Waals surface area contributed by atoms with Crippen LogP contribution < -0.4 is 10.6 Å². The Hall–Kier alpha value is -2.47. The van der Waals surface area contributed by atoms with Gasteiger partial charge in [-0.3, -0.25) is 20.7 Å². The summed E-state index contributed by atoms with van der Waals surface area (Å²) < 4.78 is 0. The fourth-order valence-electron chi connectivity index (χ4n) is 2.94. The van der Waals surface area contributed by atoms with Crippen molar-refractivity contribution in [3.05, 3.63) is 45.8 Å². The number of thiophene rings is 1. The minimum atomic E-state index is 0.318. The molecule has 1 heterocycles. The van der Waals surface area contributed by atoms with Crippen molar-refractivity contribution in [1.82, 2.24) is 0 Å². The standard InChI is InChI=1S/C20H25N5S/c1-11-9-17(11)24-19(15-5-7-16(23)8-6-15)18-12(2)13(3)26-20(18)25(10-21)14(4)22/h5-8,10-11,17,21-22H,9,23H2,1-4H3. The molecule has 5 nitrogen and oxygen atoms in total. The van der Waals surface area contributed by atoms with E-state index in [-0.39, 0.29) is 0 Å². The Labute approximate surface area is 158 Å². The van der Waals surface area contributed by atoms with Gasteiger partial charge < -0.3 is 5.73 Å². The molecule has 136 valence electrons. The van der Waals surface area contributed by atoms with Gasteiger partial charge in [-0.15, -0.1) is 11.3 Å². The lowest BCUT2D eigenvalue weighted by Crippen LogP contribution is -2.26. The molecule has 2 unspecified atom stereocenters. The van der Waals surface area contributed by atoms with Crippen molar-refractivity contribution in [1.29, 1.82) is 10.8 Å². The zero-order valence-corrected chi connectivity index (χ0v) is 16.4. The summed E-state index contributed by atoms with van der Waals surface area (Å²) in [7, 11) is 0. The minimum Gasteiger partial charge on any atom is -0.399 e. The zero-order chi connectivity index (χ0) is 19.0. The molecule has 1 aromatic carbocycles. The van der Waals surface area contributed by atoms with Crippen molar-refractivity contribution in [2.24, 2.45) is 10.9 Å². The first-order chi connectivity index (χ1) is 12.3. The third kappa shape index (κ3) is 3.42. The maximum Gasteiger partial charge on any atom is 0.112 e. The number of amidine groups is 1. The Morgan fingerprint density at radius 1 is 1.31 bits per heavy atom. The summed E-state index contributed by atoms with van der Waals surface area (Å²) in [5.41, 5.74) is 10.7. The van der Waals surface area contributed by atoms with Gasteiger partial charge in [-0.05, 0) is 50.8 Å². The predicted octanol–water partition coefficient (Wildman–Crippen LogP) is 4.60. The van der Waals surface area contributed by atoms with Gasteiger partial charge in [0.1, 0.15) is 10.8 Å². The molecule has 2 aromatic rings. The number of nitrogen functional groups attached to an aromatic ring is 1. The molecule has 0 bridgehead atoms. The molecule has 1 aromatic heterocycles. The van der Waals surface area contributed by atoms with Crippen LogP contribution in [0.25, 0.3) is 0 Å². The maximum atomic E-state index is 8.05. The van der Waals surface area contributed by atoms with Crippen LogP contribution in [0.2, 0.25) is 0 Å². The molecule has 1 fully saturated rings. The van der Waals surface area contributed by atoms with Crippen molar-refractivity contribution in [2.45, 2.75) is 40.2 Å². The van der Waals surface area contributed by atoms with Crippen LogP contribution in [-0.2, 0) is 0 Å². The largest absolute Gasteiger partial charge is 0.399 e. The monoisotopic (exact) mass is 367 g/mol. The number of rotatable bonds is 5.